The molecule has 8 nitrogen and oxygen atoms in total. The minimum atomic E-state index is -0.981. The molecule has 2 aromatic carbocycles. The van der Waals surface area contributed by atoms with Gasteiger partial charge >= 0.3 is 5.97 Å². The average Bonchev–Trinajstić information content (AvgIpc) is 3.62. The van der Waals surface area contributed by atoms with E-state index in [2.05, 4.69) is 33.4 Å². The van der Waals surface area contributed by atoms with Crippen LogP contribution in [0.4, 0.5) is 5.69 Å². The molecule has 0 saturated heterocycles. The highest BCUT2D eigenvalue weighted by atomic mass is 16.4. The first-order valence-electron chi connectivity index (χ1n) is 15.4. The van der Waals surface area contributed by atoms with E-state index in [1.54, 1.807) is 30.3 Å². The Morgan fingerprint density at radius 3 is 2.34 bits per heavy atom. The first-order valence-corrected chi connectivity index (χ1v) is 15.4. The van der Waals surface area contributed by atoms with Gasteiger partial charge in [0.25, 0.3) is 5.91 Å². The molecule has 2 aliphatic rings. The first kappa shape index (κ1) is 29.4. The molecule has 2 saturated carbocycles. The van der Waals surface area contributed by atoms with Crippen LogP contribution in [0.2, 0.25) is 0 Å². The number of nitrogens with one attached hydrogen (secondary N) is 2. The smallest absolute Gasteiger partial charge is 0.331 e. The van der Waals surface area contributed by atoms with Crippen LogP contribution in [0.25, 0.3) is 28.4 Å². The van der Waals surface area contributed by atoms with E-state index >= 15 is 0 Å². The Labute approximate surface area is 257 Å². The number of anilines is 1. The Hall–Kier alpha value is -4.72. The number of carboxylic acids is 1. The van der Waals surface area contributed by atoms with Crippen LogP contribution in [0.15, 0.2) is 66.4 Å². The van der Waals surface area contributed by atoms with Crippen LogP contribution < -0.4 is 10.6 Å². The summed E-state index contributed by atoms with van der Waals surface area (Å²) >= 11 is 0. The number of pyridine rings is 1. The standard InChI is InChI=1S/C36H38N4O4/c1-22-9-16-29(37-21-22)32-31(25-7-4-5-8-25)28-15-12-26(20-30(28)40(32)3)33(41)39-36(17-6-18-36)35(44)38-27-13-10-24(11-14-27)19-23(2)34(42)43/h9-16,19-21,25H,4-8,17-18H2,1-3H3,(H,38,44)(H,39,41)(H,42,43)/b23-19+. The summed E-state index contributed by atoms with van der Waals surface area (Å²) in [7, 11) is 2.05. The normalized spacial score (nSPS) is 16.5. The van der Waals surface area contributed by atoms with Gasteiger partial charge in [0, 0.05) is 41.0 Å². The van der Waals surface area contributed by atoms with Gasteiger partial charge in [-0.3, -0.25) is 14.6 Å². The lowest BCUT2D eigenvalue weighted by Crippen LogP contribution is -2.61. The zero-order chi connectivity index (χ0) is 31.0. The molecule has 0 atom stereocenters. The zero-order valence-electron chi connectivity index (χ0n) is 25.4. The molecule has 3 N–H and O–H groups in total. The molecule has 226 valence electrons. The summed E-state index contributed by atoms with van der Waals surface area (Å²) in [5, 5.41) is 16.3. The van der Waals surface area contributed by atoms with Crippen molar-refractivity contribution in [3.05, 3.63) is 88.6 Å². The summed E-state index contributed by atoms with van der Waals surface area (Å²) in [4.78, 5) is 43.0. The van der Waals surface area contributed by atoms with Crippen molar-refractivity contribution in [2.24, 2.45) is 7.05 Å². The van der Waals surface area contributed by atoms with E-state index in [0.29, 0.717) is 30.0 Å². The number of hydrogen-bond acceptors (Lipinski definition) is 4. The maximum Gasteiger partial charge on any atom is 0.331 e. The average molecular weight is 591 g/mol. The predicted molar refractivity (Wildman–Crippen MR) is 173 cm³/mol. The molecule has 0 radical (unpaired) electrons. The van der Waals surface area contributed by atoms with Crippen molar-refractivity contribution in [1.29, 1.82) is 0 Å². The molecule has 0 bridgehead atoms. The number of nitrogens with zero attached hydrogens (tertiary/aromatic N) is 2. The third kappa shape index (κ3) is 5.52. The fourth-order valence-electron chi connectivity index (χ4n) is 6.61. The Morgan fingerprint density at radius 1 is 1.00 bits per heavy atom. The molecule has 6 rings (SSSR count). The summed E-state index contributed by atoms with van der Waals surface area (Å²) in [6, 6.07) is 17.0. The van der Waals surface area contributed by atoms with E-state index in [1.165, 1.54) is 25.3 Å². The monoisotopic (exact) mass is 590 g/mol. The van der Waals surface area contributed by atoms with Crippen LogP contribution in [0.3, 0.4) is 0 Å². The van der Waals surface area contributed by atoms with Gasteiger partial charge < -0.3 is 20.3 Å². The van der Waals surface area contributed by atoms with E-state index in [4.69, 9.17) is 10.1 Å². The molecule has 2 amide bonds. The number of rotatable bonds is 8. The van der Waals surface area contributed by atoms with Crippen molar-refractivity contribution >= 4 is 40.4 Å². The number of benzene rings is 2. The highest BCUT2D eigenvalue weighted by Crippen LogP contribution is 2.44. The van der Waals surface area contributed by atoms with E-state index in [0.717, 1.165) is 52.7 Å². The number of fused-ring (bicyclic) bond motifs is 1. The topological polar surface area (TPSA) is 113 Å². The summed E-state index contributed by atoms with van der Waals surface area (Å²) in [5.74, 6) is -1.04. The van der Waals surface area contributed by atoms with Crippen molar-refractivity contribution in [2.75, 3.05) is 5.32 Å². The van der Waals surface area contributed by atoms with Crippen LogP contribution in [-0.2, 0) is 16.6 Å². The SMILES string of the molecule is C/C(=C\c1ccc(NC(=O)C2(NC(=O)c3ccc4c(C5CCCC5)c(-c5ccc(C)cn5)n(C)c4c3)CCC2)cc1)C(=O)O. The number of aryl methyl sites for hydroxylation is 2. The highest BCUT2D eigenvalue weighted by Gasteiger charge is 2.45. The van der Waals surface area contributed by atoms with E-state index < -0.39 is 11.5 Å². The summed E-state index contributed by atoms with van der Waals surface area (Å²) in [6.45, 7) is 3.57. The van der Waals surface area contributed by atoms with Gasteiger partial charge in [-0.05, 0) is 105 Å². The van der Waals surface area contributed by atoms with Crippen molar-refractivity contribution in [3.8, 4) is 11.4 Å². The second-order valence-electron chi connectivity index (χ2n) is 12.4. The molecule has 2 aromatic heterocycles. The molecule has 2 heterocycles. The zero-order valence-corrected chi connectivity index (χ0v) is 25.4. The largest absolute Gasteiger partial charge is 0.478 e. The Balaban J connectivity index is 1.25. The summed E-state index contributed by atoms with van der Waals surface area (Å²) < 4.78 is 2.17. The van der Waals surface area contributed by atoms with E-state index in [1.807, 2.05) is 32.3 Å². The molecule has 0 aliphatic heterocycles. The van der Waals surface area contributed by atoms with Gasteiger partial charge in [0.1, 0.15) is 5.54 Å². The first-order chi connectivity index (χ1) is 21.1. The van der Waals surface area contributed by atoms with Gasteiger partial charge in [-0.2, -0.15) is 0 Å². The summed E-state index contributed by atoms with van der Waals surface area (Å²) in [6.07, 6.45) is 10.2. The molecule has 44 heavy (non-hydrogen) atoms. The number of aromatic nitrogens is 2. The lowest BCUT2D eigenvalue weighted by Gasteiger charge is -2.40. The van der Waals surface area contributed by atoms with Crippen LogP contribution in [0.5, 0.6) is 0 Å². The van der Waals surface area contributed by atoms with Gasteiger partial charge in [0.05, 0.1) is 11.4 Å². The number of hydrogen-bond donors (Lipinski definition) is 3. The number of amides is 2. The van der Waals surface area contributed by atoms with Gasteiger partial charge in [-0.15, -0.1) is 0 Å². The van der Waals surface area contributed by atoms with Gasteiger partial charge in [0.2, 0.25) is 5.91 Å². The number of carboxylic acid groups (broad SMARTS) is 1. The number of carbonyl (C=O) groups is 3. The van der Waals surface area contributed by atoms with Gasteiger partial charge in [0.15, 0.2) is 0 Å². The minimum Gasteiger partial charge on any atom is -0.478 e. The van der Waals surface area contributed by atoms with Crippen LogP contribution in [-0.4, -0.2) is 38.0 Å². The quantitative estimate of drug-likeness (QED) is 0.192. The Bertz CT molecular complexity index is 1770. The van der Waals surface area contributed by atoms with Crippen molar-refractivity contribution < 1.29 is 19.5 Å². The van der Waals surface area contributed by atoms with E-state index in [-0.39, 0.29) is 17.4 Å². The molecular formula is C36H38N4O4. The fourth-order valence-corrected chi connectivity index (χ4v) is 6.61. The van der Waals surface area contributed by atoms with Crippen LogP contribution in [0, 0.1) is 6.92 Å². The fraction of sp³-hybridized carbons (Fsp3) is 0.333. The molecule has 8 heteroatoms. The molecule has 0 unspecified atom stereocenters. The lowest BCUT2D eigenvalue weighted by atomic mass is 9.75. The predicted octanol–water partition coefficient (Wildman–Crippen LogP) is 6.99. The molecule has 0 spiro atoms. The van der Waals surface area contributed by atoms with Crippen LogP contribution in [0.1, 0.15) is 84.8 Å². The second-order valence-corrected chi connectivity index (χ2v) is 12.4. The van der Waals surface area contributed by atoms with Crippen molar-refractivity contribution in [2.45, 2.75) is 70.3 Å². The number of carbonyl (C=O) groups excluding carboxylic acids is 2. The maximum atomic E-state index is 13.7. The number of aliphatic carboxylic acids is 1. The lowest BCUT2D eigenvalue weighted by molar-refractivity contribution is -0.132. The van der Waals surface area contributed by atoms with Crippen LogP contribution >= 0.6 is 0 Å². The third-order valence-corrected chi connectivity index (χ3v) is 9.30. The van der Waals surface area contributed by atoms with Gasteiger partial charge in [-0.1, -0.05) is 37.1 Å². The third-order valence-electron chi connectivity index (χ3n) is 9.30. The molecule has 2 fully saturated rings. The molecular weight excluding hydrogens is 552 g/mol. The van der Waals surface area contributed by atoms with Gasteiger partial charge in [-0.25, -0.2) is 4.79 Å². The van der Waals surface area contributed by atoms with E-state index in [9.17, 15) is 14.4 Å². The molecule has 4 aromatic rings. The summed E-state index contributed by atoms with van der Waals surface area (Å²) in [5.41, 5.74) is 6.53. The second kappa shape index (κ2) is 11.8. The Morgan fingerprint density at radius 2 is 1.73 bits per heavy atom. The highest BCUT2D eigenvalue weighted by molar-refractivity contribution is 6.06. The maximum absolute atomic E-state index is 13.7. The van der Waals surface area contributed by atoms with Crippen molar-refractivity contribution in [1.82, 2.24) is 14.9 Å². The minimum absolute atomic E-state index is 0.226. The Kier molecular flexibility index (Phi) is 7.84. The molecule has 2 aliphatic carbocycles. The van der Waals surface area contributed by atoms with Crippen molar-refractivity contribution in [3.63, 3.8) is 0 Å².